The Kier molecular flexibility index (Phi) is 5.23. The Morgan fingerprint density at radius 2 is 2.11 bits per heavy atom. The van der Waals surface area contributed by atoms with Crippen LogP contribution in [0.15, 0.2) is 10.5 Å². The summed E-state index contributed by atoms with van der Waals surface area (Å²) in [6.07, 6.45) is 2.60. The molecule has 0 aromatic carbocycles. The van der Waals surface area contributed by atoms with Crippen LogP contribution in [-0.2, 0) is 22.6 Å². The Bertz CT molecular complexity index is 358. The van der Waals surface area contributed by atoms with Gasteiger partial charge in [0, 0.05) is 18.2 Å². The highest BCUT2D eigenvalue weighted by atomic mass is 16.5. The van der Waals surface area contributed by atoms with Crippen LogP contribution in [0.1, 0.15) is 36.8 Å². The van der Waals surface area contributed by atoms with E-state index >= 15 is 0 Å². The predicted molar refractivity (Wildman–Crippen MR) is 69.5 cm³/mol. The van der Waals surface area contributed by atoms with Gasteiger partial charge in [-0.05, 0) is 32.8 Å². The van der Waals surface area contributed by atoms with Crippen molar-refractivity contribution in [3.63, 3.8) is 0 Å². The maximum Gasteiger partial charge on any atom is 0.118 e. The molecule has 1 heterocycles. The third-order valence-electron chi connectivity index (χ3n) is 3.05. The van der Waals surface area contributed by atoms with E-state index in [1.54, 1.807) is 0 Å². The van der Waals surface area contributed by atoms with Crippen LogP contribution < -0.4 is 5.32 Å². The number of hydrogen-bond donors (Lipinski definition) is 1. The van der Waals surface area contributed by atoms with Gasteiger partial charge in [-0.15, -0.1) is 0 Å². The van der Waals surface area contributed by atoms with Gasteiger partial charge >= 0.3 is 0 Å². The lowest BCUT2D eigenvalue weighted by Crippen LogP contribution is -2.14. The second-order valence-electron chi connectivity index (χ2n) is 4.70. The Morgan fingerprint density at radius 1 is 1.33 bits per heavy atom. The molecular formula is C14H23NO3. The van der Waals surface area contributed by atoms with E-state index in [1.807, 2.05) is 13.8 Å². The van der Waals surface area contributed by atoms with Crippen LogP contribution in [0.3, 0.4) is 0 Å². The van der Waals surface area contributed by atoms with Gasteiger partial charge in [0.2, 0.25) is 0 Å². The Balaban J connectivity index is 1.69. The van der Waals surface area contributed by atoms with E-state index in [0.29, 0.717) is 25.9 Å². The minimum atomic E-state index is 0.603. The van der Waals surface area contributed by atoms with E-state index in [9.17, 15) is 0 Å². The van der Waals surface area contributed by atoms with Gasteiger partial charge in [0.1, 0.15) is 11.5 Å². The van der Waals surface area contributed by atoms with Crippen molar-refractivity contribution < 1.29 is 13.9 Å². The lowest BCUT2D eigenvalue weighted by atomic mass is 10.2. The molecule has 4 heteroatoms. The quantitative estimate of drug-likeness (QED) is 0.686. The molecule has 0 unspecified atom stereocenters. The first-order valence-corrected chi connectivity index (χ1v) is 6.76. The topological polar surface area (TPSA) is 43.6 Å². The van der Waals surface area contributed by atoms with E-state index in [2.05, 4.69) is 11.4 Å². The summed E-state index contributed by atoms with van der Waals surface area (Å²) in [5.41, 5.74) is 1.14. The molecule has 0 aliphatic heterocycles. The van der Waals surface area contributed by atoms with Crippen molar-refractivity contribution in [3.05, 3.63) is 23.2 Å². The molecule has 1 fully saturated rings. The minimum Gasteiger partial charge on any atom is -0.465 e. The van der Waals surface area contributed by atoms with Crippen LogP contribution in [-0.4, -0.2) is 25.9 Å². The van der Waals surface area contributed by atoms with Gasteiger partial charge in [-0.3, -0.25) is 0 Å². The van der Waals surface area contributed by atoms with Crippen molar-refractivity contribution in [1.29, 1.82) is 0 Å². The van der Waals surface area contributed by atoms with Crippen molar-refractivity contribution in [2.24, 2.45) is 0 Å². The molecule has 1 aromatic heterocycles. The average Bonchev–Trinajstić information content (AvgIpc) is 3.12. The molecule has 1 aliphatic carbocycles. The maximum absolute atomic E-state index is 5.70. The van der Waals surface area contributed by atoms with Crippen LogP contribution in [0, 0.1) is 6.92 Å². The van der Waals surface area contributed by atoms with Crippen molar-refractivity contribution in [2.75, 3.05) is 19.8 Å². The third kappa shape index (κ3) is 4.44. The molecule has 4 nitrogen and oxygen atoms in total. The van der Waals surface area contributed by atoms with Crippen LogP contribution in [0.2, 0.25) is 0 Å². The molecule has 1 aliphatic rings. The molecule has 1 aromatic rings. The summed E-state index contributed by atoms with van der Waals surface area (Å²) in [6.45, 7) is 7.43. The van der Waals surface area contributed by atoms with E-state index in [0.717, 1.165) is 30.2 Å². The van der Waals surface area contributed by atoms with Gasteiger partial charge in [0.15, 0.2) is 0 Å². The average molecular weight is 253 g/mol. The molecular weight excluding hydrogens is 230 g/mol. The molecule has 1 N–H and O–H groups in total. The first-order chi connectivity index (χ1) is 8.79. The third-order valence-corrected chi connectivity index (χ3v) is 3.05. The zero-order valence-electron chi connectivity index (χ0n) is 11.3. The van der Waals surface area contributed by atoms with E-state index in [4.69, 9.17) is 13.9 Å². The minimum absolute atomic E-state index is 0.603. The summed E-state index contributed by atoms with van der Waals surface area (Å²) in [7, 11) is 0. The molecule has 0 bridgehead atoms. The number of furan rings is 1. The first kappa shape index (κ1) is 13.6. The van der Waals surface area contributed by atoms with E-state index < -0.39 is 0 Å². The van der Waals surface area contributed by atoms with Crippen LogP contribution in [0.5, 0.6) is 0 Å². The summed E-state index contributed by atoms with van der Waals surface area (Å²) < 4.78 is 16.5. The summed E-state index contributed by atoms with van der Waals surface area (Å²) in [5.74, 6) is 1.96. The molecule has 2 rings (SSSR count). The fraction of sp³-hybridized carbons (Fsp3) is 0.714. The Hall–Kier alpha value is -0.840. The lowest BCUT2D eigenvalue weighted by Gasteiger charge is -2.02. The Labute approximate surface area is 109 Å². The largest absolute Gasteiger partial charge is 0.465 e. The SMILES string of the molecule is CCOCCOCc1cc(CNC2CC2)oc1C. The standard InChI is InChI=1S/C14H23NO3/c1-3-16-6-7-17-10-12-8-14(18-11(12)2)9-15-13-4-5-13/h8,13,15H,3-7,9-10H2,1-2H3. The van der Waals surface area contributed by atoms with Crippen molar-refractivity contribution in [2.45, 2.75) is 45.9 Å². The zero-order chi connectivity index (χ0) is 12.8. The smallest absolute Gasteiger partial charge is 0.118 e. The maximum atomic E-state index is 5.70. The highest BCUT2D eigenvalue weighted by Crippen LogP contribution is 2.21. The van der Waals surface area contributed by atoms with Gasteiger partial charge in [-0.25, -0.2) is 0 Å². The molecule has 102 valence electrons. The van der Waals surface area contributed by atoms with Gasteiger partial charge in [0.05, 0.1) is 26.4 Å². The van der Waals surface area contributed by atoms with Gasteiger partial charge in [0.25, 0.3) is 0 Å². The predicted octanol–water partition coefficient (Wildman–Crippen LogP) is 2.39. The molecule has 0 radical (unpaired) electrons. The first-order valence-electron chi connectivity index (χ1n) is 6.76. The fourth-order valence-electron chi connectivity index (χ4n) is 1.79. The molecule has 1 saturated carbocycles. The zero-order valence-corrected chi connectivity index (χ0v) is 11.3. The lowest BCUT2D eigenvalue weighted by molar-refractivity contribution is 0.0449. The number of hydrogen-bond acceptors (Lipinski definition) is 4. The van der Waals surface area contributed by atoms with E-state index in [1.165, 1.54) is 12.8 Å². The highest BCUT2D eigenvalue weighted by Gasteiger charge is 2.20. The molecule has 0 atom stereocenters. The summed E-state index contributed by atoms with van der Waals surface area (Å²) in [4.78, 5) is 0. The monoisotopic (exact) mass is 253 g/mol. The number of nitrogens with one attached hydrogen (secondary N) is 1. The highest BCUT2D eigenvalue weighted by molar-refractivity contribution is 5.20. The summed E-state index contributed by atoms with van der Waals surface area (Å²) in [6, 6.07) is 2.80. The van der Waals surface area contributed by atoms with Crippen molar-refractivity contribution in [3.8, 4) is 0 Å². The summed E-state index contributed by atoms with van der Waals surface area (Å²) >= 11 is 0. The second-order valence-corrected chi connectivity index (χ2v) is 4.70. The summed E-state index contributed by atoms with van der Waals surface area (Å²) in [5, 5.41) is 3.44. The Morgan fingerprint density at radius 3 is 2.83 bits per heavy atom. The molecule has 0 spiro atoms. The van der Waals surface area contributed by atoms with Gasteiger partial charge < -0.3 is 19.2 Å². The molecule has 18 heavy (non-hydrogen) atoms. The van der Waals surface area contributed by atoms with Crippen molar-refractivity contribution >= 4 is 0 Å². The van der Waals surface area contributed by atoms with Gasteiger partial charge in [-0.2, -0.15) is 0 Å². The molecule has 0 amide bonds. The number of rotatable bonds is 9. The fourth-order valence-corrected chi connectivity index (χ4v) is 1.79. The van der Waals surface area contributed by atoms with Crippen LogP contribution in [0.25, 0.3) is 0 Å². The number of ether oxygens (including phenoxy) is 2. The second kappa shape index (κ2) is 6.92. The van der Waals surface area contributed by atoms with Gasteiger partial charge in [-0.1, -0.05) is 0 Å². The van der Waals surface area contributed by atoms with Crippen LogP contribution in [0.4, 0.5) is 0 Å². The molecule has 0 saturated heterocycles. The van der Waals surface area contributed by atoms with Crippen LogP contribution >= 0.6 is 0 Å². The number of aryl methyl sites for hydroxylation is 1. The van der Waals surface area contributed by atoms with Crippen molar-refractivity contribution in [1.82, 2.24) is 5.32 Å². The van der Waals surface area contributed by atoms with E-state index in [-0.39, 0.29) is 0 Å². The normalized spacial score (nSPS) is 15.2.